The summed E-state index contributed by atoms with van der Waals surface area (Å²) < 4.78 is 9.27. The number of benzene rings is 1. The van der Waals surface area contributed by atoms with Crippen molar-refractivity contribution in [1.82, 2.24) is 0 Å². The average molecular weight is 248 g/mol. The standard InChI is InChI=1S/C14H16O4/c1-14(12(15)17-2,13(16)18-3)10-9-11-7-5-4-6-8-11/h4-10H,1-3H3/b10-9+. The summed E-state index contributed by atoms with van der Waals surface area (Å²) in [4.78, 5) is 23.4. The summed E-state index contributed by atoms with van der Waals surface area (Å²) in [6.45, 7) is 1.46. The highest BCUT2D eigenvalue weighted by atomic mass is 16.5. The van der Waals surface area contributed by atoms with Gasteiger partial charge in [-0.25, -0.2) is 0 Å². The van der Waals surface area contributed by atoms with Crippen LogP contribution in [0.5, 0.6) is 0 Å². The van der Waals surface area contributed by atoms with E-state index in [9.17, 15) is 9.59 Å². The summed E-state index contributed by atoms with van der Waals surface area (Å²) >= 11 is 0. The van der Waals surface area contributed by atoms with Gasteiger partial charge in [-0.3, -0.25) is 9.59 Å². The van der Waals surface area contributed by atoms with Crippen LogP contribution >= 0.6 is 0 Å². The molecule has 1 aromatic carbocycles. The summed E-state index contributed by atoms with van der Waals surface area (Å²) in [6, 6.07) is 9.36. The molecule has 0 saturated carbocycles. The molecule has 1 aromatic rings. The lowest BCUT2D eigenvalue weighted by Crippen LogP contribution is -2.36. The van der Waals surface area contributed by atoms with Gasteiger partial charge in [0, 0.05) is 0 Å². The molecule has 0 atom stereocenters. The predicted molar refractivity (Wildman–Crippen MR) is 67.6 cm³/mol. The van der Waals surface area contributed by atoms with Crippen molar-refractivity contribution in [2.75, 3.05) is 14.2 Å². The molecule has 0 fully saturated rings. The van der Waals surface area contributed by atoms with Crippen LogP contribution in [0, 0.1) is 5.41 Å². The Morgan fingerprint density at radius 3 is 2.00 bits per heavy atom. The van der Waals surface area contributed by atoms with Crippen LogP contribution in [0.3, 0.4) is 0 Å². The lowest BCUT2D eigenvalue weighted by atomic mass is 9.89. The molecule has 0 aliphatic heterocycles. The van der Waals surface area contributed by atoms with Gasteiger partial charge in [0.05, 0.1) is 14.2 Å². The molecule has 0 amide bonds. The number of rotatable bonds is 4. The van der Waals surface area contributed by atoms with Crippen LogP contribution in [-0.2, 0) is 19.1 Å². The number of carbonyl (C=O) groups is 2. The molecule has 4 nitrogen and oxygen atoms in total. The lowest BCUT2D eigenvalue weighted by Gasteiger charge is -2.19. The molecule has 0 heterocycles. The van der Waals surface area contributed by atoms with Gasteiger partial charge in [0.25, 0.3) is 0 Å². The zero-order chi connectivity index (χ0) is 13.6. The molecule has 0 radical (unpaired) electrons. The molecule has 1 rings (SSSR count). The summed E-state index contributed by atoms with van der Waals surface area (Å²) in [7, 11) is 2.47. The van der Waals surface area contributed by atoms with Gasteiger partial charge in [-0.1, -0.05) is 42.5 Å². The number of carbonyl (C=O) groups excluding carboxylic acids is 2. The van der Waals surface area contributed by atoms with E-state index in [1.54, 1.807) is 6.08 Å². The first kappa shape index (κ1) is 14.0. The zero-order valence-electron chi connectivity index (χ0n) is 10.7. The molecule has 0 bridgehead atoms. The zero-order valence-corrected chi connectivity index (χ0v) is 10.7. The van der Waals surface area contributed by atoms with Crippen LogP contribution in [-0.4, -0.2) is 26.2 Å². The Morgan fingerprint density at radius 2 is 1.56 bits per heavy atom. The molecular weight excluding hydrogens is 232 g/mol. The van der Waals surface area contributed by atoms with E-state index in [4.69, 9.17) is 0 Å². The maximum atomic E-state index is 11.7. The van der Waals surface area contributed by atoms with Crippen molar-refractivity contribution >= 4 is 18.0 Å². The first-order valence-electron chi connectivity index (χ1n) is 5.45. The molecule has 0 N–H and O–H groups in total. The second-order valence-electron chi connectivity index (χ2n) is 3.93. The Morgan fingerprint density at radius 1 is 1.06 bits per heavy atom. The molecule has 0 aliphatic rings. The fraction of sp³-hybridized carbons (Fsp3) is 0.286. The SMILES string of the molecule is COC(=O)C(C)(/C=C/c1ccccc1)C(=O)OC. The third-order valence-corrected chi connectivity index (χ3v) is 2.63. The van der Waals surface area contributed by atoms with Gasteiger partial charge in [0.1, 0.15) is 0 Å². The van der Waals surface area contributed by atoms with Crippen molar-refractivity contribution in [3.63, 3.8) is 0 Å². The van der Waals surface area contributed by atoms with E-state index >= 15 is 0 Å². The van der Waals surface area contributed by atoms with Gasteiger partial charge < -0.3 is 9.47 Å². The molecule has 0 aliphatic carbocycles. The smallest absolute Gasteiger partial charge is 0.326 e. The Kier molecular flexibility index (Phi) is 4.66. The minimum absolute atomic E-state index is 0.651. The summed E-state index contributed by atoms with van der Waals surface area (Å²) in [5.41, 5.74) is -0.546. The maximum absolute atomic E-state index is 11.7. The molecular formula is C14H16O4. The fourth-order valence-electron chi connectivity index (χ4n) is 1.47. The Labute approximate surface area is 106 Å². The number of ether oxygens (including phenoxy) is 2. The van der Waals surface area contributed by atoms with Gasteiger partial charge >= 0.3 is 11.9 Å². The molecule has 18 heavy (non-hydrogen) atoms. The van der Waals surface area contributed by atoms with Crippen molar-refractivity contribution < 1.29 is 19.1 Å². The van der Waals surface area contributed by atoms with Crippen LogP contribution in [0.25, 0.3) is 6.08 Å². The van der Waals surface area contributed by atoms with Crippen molar-refractivity contribution in [2.45, 2.75) is 6.92 Å². The minimum Gasteiger partial charge on any atom is -0.468 e. The fourth-order valence-corrected chi connectivity index (χ4v) is 1.47. The van der Waals surface area contributed by atoms with Crippen LogP contribution in [0.2, 0.25) is 0 Å². The van der Waals surface area contributed by atoms with E-state index in [0.717, 1.165) is 5.56 Å². The number of methoxy groups -OCH3 is 2. The van der Waals surface area contributed by atoms with Crippen molar-refractivity contribution in [2.24, 2.45) is 5.41 Å². The van der Waals surface area contributed by atoms with E-state index in [-0.39, 0.29) is 0 Å². The lowest BCUT2D eigenvalue weighted by molar-refractivity contribution is -0.163. The maximum Gasteiger partial charge on any atom is 0.326 e. The second-order valence-corrected chi connectivity index (χ2v) is 3.93. The molecule has 96 valence electrons. The third kappa shape index (κ3) is 2.97. The predicted octanol–water partition coefficient (Wildman–Crippen LogP) is 2.05. The van der Waals surface area contributed by atoms with Crippen LogP contribution in [0.1, 0.15) is 12.5 Å². The molecule has 0 unspecified atom stereocenters. The minimum atomic E-state index is -1.43. The van der Waals surface area contributed by atoms with Gasteiger partial charge in [-0.05, 0) is 12.5 Å². The topological polar surface area (TPSA) is 52.6 Å². The average Bonchev–Trinajstić information content (AvgIpc) is 2.43. The van der Waals surface area contributed by atoms with Crippen molar-refractivity contribution in [3.05, 3.63) is 42.0 Å². The summed E-state index contributed by atoms with van der Waals surface area (Å²) in [5, 5.41) is 0. The van der Waals surface area contributed by atoms with Crippen LogP contribution in [0.4, 0.5) is 0 Å². The second kappa shape index (κ2) is 6.00. The Balaban J connectivity index is 3.03. The van der Waals surface area contributed by atoms with Crippen molar-refractivity contribution in [1.29, 1.82) is 0 Å². The van der Waals surface area contributed by atoms with Gasteiger partial charge in [-0.15, -0.1) is 0 Å². The number of esters is 2. The summed E-state index contributed by atoms with van der Waals surface area (Å²) in [5.74, 6) is -1.30. The van der Waals surface area contributed by atoms with E-state index in [1.165, 1.54) is 27.2 Å². The van der Waals surface area contributed by atoms with E-state index in [1.807, 2.05) is 30.3 Å². The van der Waals surface area contributed by atoms with Crippen LogP contribution < -0.4 is 0 Å². The monoisotopic (exact) mass is 248 g/mol. The first-order chi connectivity index (χ1) is 8.54. The third-order valence-electron chi connectivity index (χ3n) is 2.63. The molecule has 0 saturated heterocycles. The molecule has 4 heteroatoms. The highest BCUT2D eigenvalue weighted by Gasteiger charge is 2.41. The molecule has 0 spiro atoms. The molecule has 0 aromatic heterocycles. The van der Waals surface area contributed by atoms with Crippen LogP contribution in [0.15, 0.2) is 36.4 Å². The largest absolute Gasteiger partial charge is 0.468 e. The van der Waals surface area contributed by atoms with E-state index in [2.05, 4.69) is 9.47 Å². The quantitative estimate of drug-likeness (QED) is 0.604. The van der Waals surface area contributed by atoms with Gasteiger partial charge in [-0.2, -0.15) is 0 Å². The first-order valence-corrected chi connectivity index (χ1v) is 5.45. The Bertz CT molecular complexity index is 432. The highest BCUT2D eigenvalue weighted by molar-refractivity contribution is 6.02. The van der Waals surface area contributed by atoms with Crippen molar-refractivity contribution in [3.8, 4) is 0 Å². The number of hydrogen-bond donors (Lipinski definition) is 0. The van der Waals surface area contributed by atoms with Gasteiger partial charge in [0.15, 0.2) is 5.41 Å². The summed E-state index contributed by atoms with van der Waals surface area (Å²) in [6.07, 6.45) is 3.17. The van der Waals surface area contributed by atoms with E-state index < -0.39 is 17.4 Å². The van der Waals surface area contributed by atoms with E-state index in [0.29, 0.717) is 0 Å². The van der Waals surface area contributed by atoms with Gasteiger partial charge in [0.2, 0.25) is 0 Å². The number of hydrogen-bond acceptors (Lipinski definition) is 4. The highest BCUT2D eigenvalue weighted by Crippen LogP contribution is 2.23. The Hall–Kier alpha value is -2.10. The normalized spacial score (nSPS) is 11.3.